The molecule has 0 saturated carbocycles. The smallest absolute Gasteiger partial charge is 0.255 e. The van der Waals surface area contributed by atoms with Crippen LogP contribution in [-0.2, 0) is 19.6 Å². The minimum absolute atomic E-state index is 0.109. The third kappa shape index (κ3) is 5.13. The van der Waals surface area contributed by atoms with Gasteiger partial charge in [-0.3, -0.25) is 9.59 Å². The zero-order valence-corrected chi connectivity index (χ0v) is 17.2. The first kappa shape index (κ1) is 21.3. The van der Waals surface area contributed by atoms with Crippen LogP contribution in [0.4, 0.5) is 11.4 Å². The molecule has 10 heteroatoms. The van der Waals surface area contributed by atoms with Gasteiger partial charge in [0.25, 0.3) is 5.91 Å². The molecular formula is C19H20ClN3O5S. The van der Waals surface area contributed by atoms with E-state index in [4.69, 9.17) is 16.3 Å². The normalized spacial score (nSPS) is 15.0. The van der Waals surface area contributed by atoms with Crippen LogP contribution in [0.25, 0.3) is 0 Å². The summed E-state index contributed by atoms with van der Waals surface area (Å²) < 4.78 is 31.9. The Morgan fingerprint density at radius 3 is 2.28 bits per heavy atom. The van der Waals surface area contributed by atoms with Crippen LogP contribution in [0.3, 0.4) is 0 Å². The lowest BCUT2D eigenvalue weighted by atomic mass is 10.2. The molecule has 2 amide bonds. The SMILES string of the molecule is CC(=O)Nc1ccc(Cl)cc1NC(=O)c1ccc(S(=O)(=O)N2CCOCC2)cc1. The van der Waals surface area contributed by atoms with E-state index in [2.05, 4.69) is 10.6 Å². The minimum atomic E-state index is -3.63. The Morgan fingerprint density at radius 2 is 1.66 bits per heavy atom. The van der Waals surface area contributed by atoms with E-state index in [0.717, 1.165) is 0 Å². The maximum atomic E-state index is 12.7. The number of hydrogen-bond acceptors (Lipinski definition) is 5. The lowest BCUT2D eigenvalue weighted by molar-refractivity contribution is -0.114. The number of sulfonamides is 1. The Kier molecular flexibility index (Phi) is 6.53. The number of nitrogens with one attached hydrogen (secondary N) is 2. The molecule has 154 valence electrons. The molecule has 0 aliphatic carbocycles. The number of hydrogen-bond donors (Lipinski definition) is 2. The van der Waals surface area contributed by atoms with Crippen LogP contribution in [0.2, 0.25) is 5.02 Å². The van der Waals surface area contributed by atoms with Gasteiger partial charge in [0.2, 0.25) is 15.9 Å². The summed E-state index contributed by atoms with van der Waals surface area (Å²) in [5.74, 6) is -0.755. The molecule has 2 aromatic rings. The van der Waals surface area contributed by atoms with E-state index in [1.807, 2.05) is 0 Å². The Balaban J connectivity index is 1.78. The van der Waals surface area contributed by atoms with E-state index in [1.54, 1.807) is 12.1 Å². The highest BCUT2D eigenvalue weighted by molar-refractivity contribution is 7.89. The molecule has 0 aromatic heterocycles. The van der Waals surface area contributed by atoms with Gasteiger partial charge in [0.05, 0.1) is 29.5 Å². The Bertz CT molecular complexity index is 1020. The van der Waals surface area contributed by atoms with Crippen molar-refractivity contribution < 1.29 is 22.7 Å². The van der Waals surface area contributed by atoms with Crippen LogP contribution < -0.4 is 10.6 Å². The third-order valence-electron chi connectivity index (χ3n) is 4.26. The van der Waals surface area contributed by atoms with Gasteiger partial charge < -0.3 is 15.4 Å². The molecule has 0 unspecified atom stereocenters. The lowest BCUT2D eigenvalue weighted by Gasteiger charge is -2.26. The fourth-order valence-electron chi connectivity index (χ4n) is 2.83. The van der Waals surface area contributed by atoms with Crippen molar-refractivity contribution in [2.75, 3.05) is 36.9 Å². The van der Waals surface area contributed by atoms with Gasteiger partial charge in [-0.25, -0.2) is 8.42 Å². The van der Waals surface area contributed by atoms with Crippen molar-refractivity contribution in [1.82, 2.24) is 4.31 Å². The van der Waals surface area contributed by atoms with Crippen LogP contribution in [0.15, 0.2) is 47.4 Å². The Labute approximate surface area is 173 Å². The van der Waals surface area contributed by atoms with Crippen molar-refractivity contribution in [3.8, 4) is 0 Å². The van der Waals surface area contributed by atoms with E-state index in [9.17, 15) is 18.0 Å². The van der Waals surface area contributed by atoms with Crippen molar-refractivity contribution in [2.45, 2.75) is 11.8 Å². The second-order valence-electron chi connectivity index (χ2n) is 6.37. The molecule has 1 saturated heterocycles. The van der Waals surface area contributed by atoms with Crippen molar-refractivity contribution in [2.24, 2.45) is 0 Å². The highest BCUT2D eigenvalue weighted by atomic mass is 35.5. The maximum Gasteiger partial charge on any atom is 0.255 e. The molecule has 0 bridgehead atoms. The van der Waals surface area contributed by atoms with Gasteiger partial charge >= 0.3 is 0 Å². The first-order valence-corrected chi connectivity index (χ1v) is 10.7. The molecule has 0 radical (unpaired) electrons. The number of anilines is 2. The summed E-state index contributed by atoms with van der Waals surface area (Å²) in [7, 11) is -3.63. The molecule has 29 heavy (non-hydrogen) atoms. The van der Waals surface area contributed by atoms with E-state index in [0.29, 0.717) is 42.7 Å². The maximum absolute atomic E-state index is 12.7. The Hall–Kier alpha value is -2.46. The van der Waals surface area contributed by atoms with Gasteiger partial charge in [0.1, 0.15) is 0 Å². The fourth-order valence-corrected chi connectivity index (χ4v) is 4.41. The molecule has 1 aliphatic heterocycles. The number of nitrogens with zero attached hydrogens (tertiary/aromatic N) is 1. The summed E-state index contributed by atoms with van der Waals surface area (Å²) in [4.78, 5) is 24.0. The third-order valence-corrected chi connectivity index (χ3v) is 6.41. The second-order valence-corrected chi connectivity index (χ2v) is 8.74. The average Bonchev–Trinajstić information content (AvgIpc) is 2.70. The van der Waals surface area contributed by atoms with Crippen molar-refractivity contribution in [3.63, 3.8) is 0 Å². The monoisotopic (exact) mass is 437 g/mol. The van der Waals surface area contributed by atoms with Gasteiger partial charge in [-0.2, -0.15) is 4.31 Å². The summed E-state index contributed by atoms with van der Waals surface area (Å²) >= 11 is 5.98. The van der Waals surface area contributed by atoms with Gasteiger partial charge in [-0.1, -0.05) is 11.6 Å². The van der Waals surface area contributed by atoms with Crippen molar-refractivity contribution >= 4 is 44.8 Å². The number of carbonyl (C=O) groups excluding carboxylic acids is 2. The average molecular weight is 438 g/mol. The van der Waals surface area contributed by atoms with Crippen LogP contribution in [-0.4, -0.2) is 50.8 Å². The standard InChI is InChI=1S/C19H20ClN3O5S/c1-13(24)21-17-7-4-15(20)12-18(17)22-19(25)14-2-5-16(6-3-14)29(26,27)23-8-10-28-11-9-23/h2-7,12H,8-11H2,1H3,(H,21,24)(H,22,25). The molecule has 1 fully saturated rings. The molecule has 0 atom stereocenters. The summed E-state index contributed by atoms with van der Waals surface area (Å²) in [6.07, 6.45) is 0. The number of benzene rings is 2. The van der Waals surface area contributed by atoms with E-state index in [-0.39, 0.29) is 16.4 Å². The predicted octanol–water partition coefficient (Wildman–Crippen LogP) is 2.57. The minimum Gasteiger partial charge on any atom is -0.379 e. The van der Waals surface area contributed by atoms with E-state index >= 15 is 0 Å². The summed E-state index contributed by atoms with van der Waals surface area (Å²) in [6, 6.07) is 10.3. The largest absolute Gasteiger partial charge is 0.379 e. The van der Waals surface area contributed by atoms with Gasteiger partial charge in [0, 0.05) is 30.6 Å². The molecular weight excluding hydrogens is 418 g/mol. The second kappa shape index (κ2) is 8.91. The summed E-state index contributed by atoms with van der Waals surface area (Å²) in [6.45, 7) is 2.66. The van der Waals surface area contributed by atoms with Crippen LogP contribution in [0, 0.1) is 0 Å². The number of halogens is 1. The quantitative estimate of drug-likeness (QED) is 0.748. The summed E-state index contributed by atoms with van der Waals surface area (Å²) in [5, 5.41) is 5.69. The number of amides is 2. The fraction of sp³-hybridized carbons (Fsp3) is 0.263. The predicted molar refractivity (Wildman–Crippen MR) is 110 cm³/mol. The van der Waals surface area contributed by atoms with E-state index < -0.39 is 15.9 Å². The zero-order valence-electron chi connectivity index (χ0n) is 15.6. The molecule has 0 spiro atoms. The van der Waals surface area contributed by atoms with E-state index in [1.165, 1.54) is 41.6 Å². The highest BCUT2D eigenvalue weighted by Gasteiger charge is 2.26. The first-order chi connectivity index (χ1) is 13.8. The first-order valence-electron chi connectivity index (χ1n) is 8.84. The van der Waals surface area contributed by atoms with Gasteiger partial charge in [-0.15, -0.1) is 0 Å². The number of carbonyl (C=O) groups is 2. The topological polar surface area (TPSA) is 105 Å². The van der Waals surface area contributed by atoms with Crippen LogP contribution >= 0.6 is 11.6 Å². The molecule has 3 rings (SSSR count). The van der Waals surface area contributed by atoms with Gasteiger partial charge in [0.15, 0.2) is 0 Å². The molecule has 2 aromatic carbocycles. The lowest BCUT2D eigenvalue weighted by Crippen LogP contribution is -2.40. The van der Waals surface area contributed by atoms with Crippen LogP contribution in [0.5, 0.6) is 0 Å². The molecule has 8 nitrogen and oxygen atoms in total. The molecule has 1 aliphatic rings. The van der Waals surface area contributed by atoms with Crippen molar-refractivity contribution in [1.29, 1.82) is 0 Å². The van der Waals surface area contributed by atoms with Crippen LogP contribution in [0.1, 0.15) is 17.3 Å². The summed E-state index contributed by atoms with van der Waals surface area (Å²) in [5.41, 5.74) is 1.00. The van der Waals surface area contributed by atoms with Gasteiger partial charge in [-0.05, 0) is 42.5 Å². The number of ether oxygens (including phenoxy) is 1. The molecule has 1 heterocycles. The number of morpholine rings is 1. The van der Waals surface area contributed by atoms with Crippen molar-refractivity contribution in [3.05, 3.63) is 53.1 Å². The number of rotatable bonds is 5. The molecule has 2 N–H and O–H groups in total. The zero-order chi connectivity index (χ0) is 21.0. The Morgan fingerprint density at radius 1 is 1.00 bits per heavy atom. The highest BCUT2D eigenvalue weighted by Crippen LogP contribution is 2.26.